The van der Waals surface area contributed by atoms with Crippen LogP contribution in [0.3, 0.4) is 0 Å². The molecular formula is C5H12N4. The van der Waals surface area contributed by atoms with Crippen molar-refractivity contribution in [1.82, 2.24) is 5.32 Å². The summed E-state index contributed by atoms with van der Waals surface area (Å²) < 4.78 is 0. The van der Waals surface area contributed by atoms with Gasteiger partial charge in [0.05, 0.1) is 6.34 Å². The van der Waals surface area contributed by atoms with E-state index in [0.717, 1.165) is 6.34 Å². The highest BCUT2D eigenvalue weighted by atomic mass is 15.0. The number of nitrogens with one attached hydrogen (secondary N) is 2. The fourth-order valence-corrected chi connectivity index (χ4v) is 0.329. The molecule has 0 aromatic rings. The summed E-state index contributed by atoms with van der Waals surface area (Å²) in [5.41, 5.74) is 5.39. The lowest BCUT2D eigenvalue weighted by atomic mass is 10.4. The Morgan fingerprint density at radius 2 is 2.56 bits per heavy atom. The lowest BCUT2D eigenvalue weighted by molar-refractivity contribution is 0.710. The SMILES string of the molecule is C[C@H](N)CN/C=N\C=N. The van der Waals surface area contributed by atoms with Crippen molar-refractivity contribution in [1.29, 1.82) is 5.41 Å². The third kappa shape index (κ3) is 7.10. The summed E-state index contributed by atoms with van der Waals surface area (Å²) in [6, 6.07) is 0.127. The topological polar surface area (TPSA) is 74.3 Å². The summed E-state index contributed by atoms with van der Waals surface area (Å²) in [5, 5.41) is 9.31. The van der Waals surface area contributed by atoms with Crippen LogP contribution in [0.5, 0.6) is 0 Å². The molecule has 4 N–H and O–H groups in total. The molecule has 0 radical (unpaired) electrons. The first kappa shape index (κ1) is 8.10. The molecule has 0 amide bonds. The van der Waals surface area contributed by atoms with Gasteiger partial charge in [0, 0.05) is 12.6 Å². The maximum atomic E-state index is 6.49. The number of nitrogens with two attached hydrogens (primary N) is 1. The molecule has 0 aromatic carbocycles. The molecule has 0 aliphatic heterocycles. The summed E-state index contributed by atoms with van der Waals surface area (Å²) in [4.78, 5) is 3.49. The van der Waals surface area contributed by atoms with Crippen LogP contribution in [0.2, 0.25) is 0 Å². The zero-order valence-electron chi connectivity index (χ0n) is 5.46. The minimum absolute atomic E-state index is 0.127. The van der Waals surface area contributed by atoms with E-state index in [1.165, 1.54) is 6.34 Å². The van der Waals surface area contributed by atoms with Gasteiger partial charge in [-0.1, -0.05) is 0 Å². The maximum absolute atomic E-state index is 6.49. The van der Waals surface area contributed by atoms with E-state index < -0.39 is 0 Å². The van der Waals surface area contributed by atoms with Gasteiger partial charge in [0.15, 0.2) is 0 Å². The van der Waals surface area contributed by atoms with Crippen LogP contribution in [-0.2, 0) is 0 Å². The van der Waals surface area contributed by atoms with E-state index >= 15 is 0 Å². The van der Waals surface area contributed by atoms with Gasteiger partial charge < -0.3 is 11.1 Å². The molecule has 0 bridgehead atoms. The molecule has 0 saturated heterocycles. The highest BCUT2D eigenvalue weighted by molar-refractivity contribution is 5.68. The van der Waals surface area contributed by atoms with E-state index in [1.807, 2.05) is 6.92 Å². The minimum atomic E-state index is 0.127. The number of aliphatic imine (C=N–C) groups is 1. The van der Waals surface area contributed by atoms with Gasteiger partial charge in [0.1, 0.15) is 6.34 Å². The first-order chi connectivity index (χ1) is 4.27. The second-order valence-electron chi connectivity index (χ2n) is 1.79. The van der Waals surface area contributed by atoms with E-state index in [1.54, 1.807) is 0 Å². The van der Waals surface area contributed by atoms with Crippen LogP contribution in [0.25, 0.3) is 0 Å². The molecule has 0 unspecified atom stereocenters. The highest BCUT2D eigenvalue weighted by Crippen LogP contribution is 1.65. The number of hydrogen-bond acceptors (Lipinski definition) is 2. The second kappa shape index (κ2) is 5.24. The van der Waals surface area contributed by atoms with Gasteiger partial charge in [-0.3, -0.25) is 5.41 Å². The van der Waals surface area contributed by atoms with Gasteiger partial charge in [-0.05, 0) is 6.92 Å². The van der Waals surface area contributed by atoms with E-state index in [-0.39, 0.29) is 6.04 Å². The largest absolute Gasteiger partial charge is 0.374 e. The second-order valence-corrected chi connectivity index (χ2v) is 1.79. The average Bonchev–Trinajstić information content (AvgIpc) is 1.80. The molecule has 0 rings (SSSR count). The van der Waals surface area contributed by atoms with Gasteiger partial charge in [0.25, 0.3) is 0 Å². The minimum Gasteiger partial charge on any atom is -0.374 e. The van der Waals surface area contributed by atoms with Crippen molar-refractivity contribution in [2.45, 2.75) is 13.0 Å². The molecule has 9 heavy (non-hydrogen) atoms. The fraction of sp³-hybridized carbons (Fsp3) is 0.600. The van der Waals surface area contributed by atoms with Crippen LogP contribution in [0, 0.1) is 5.41 Å². The highest BCUT2D eigenvalue weighted by Gasteiger charge is 1.86. The van der Waals surface area contributed by atoms with Crippen molar-refractivity contribution in [3.05, 3.63) is 0 Å². The van der Waals surface area contributed by atoms with Crippen molar-refractivity contribution in [2.24, 2.45) is 10.7 Å². The molecule has 0 heterocycles. The molecule has 1 atom stereocenters. The molecular weight excluding hydrogens is 116 g/mol. The van der Waals surface area contributed by atoms with Crippen LogP contribution >= 0.6 is 0 Å². The molecule has 0 spiro atoms. The van der Waals surface area contributed by atoms with E-state index in [4.69, 9.17) is 11.1 Å². The number of hydrogen-bond donors (Lipinski definition) is 3. The quantitative estimate of drug-likeness (QED) is 0.354. The lowest BCUT2D eigenvalue weighted by Gasteiger charge is -2.01. The van der Waals surface area contributed by atoms with Crippen molar-refractivity contribution < 1.29 is 0 Å². The first-order valence-corrected chi connectivity index (χ1v) is 2.77. The molecule has 0 aliphatic carbocycles. The van der Waals surface area contributed by atoms with Crippen molar-refractivity contribution in [3.8, 4) is 0 Å². The Kier molecular flexibility index (Phi) is 4.72. The molecule has 4 heteroatoms. The smallest absolute Gasteiger partial charge is 0.108 e. The average molecular weight is 128 g/mol. The first-order valence-electron chi connectivity index (χ1n) is 2.77. The molecule has 4 nitrogen and oxygen atoms in total. The summed E-state index contributed by atoms with van der Waals surface area (Å²) in [6.07, 6.45) is 2.42. The number of rotatable bonds is 4. The van der Waals surface area contributed by atoms with Gasteiger partial charge in [-0.15, -0.1) is 0 Å². The zero-order valence-corrected chi connectivity index (χ0v) is 5.46. The molecule has 0 aliphatic rings. The predicted molar refractivity (Wildman–Crippen MR) is 38.9 cm³/mol. The Bertz CT molecular complexity index is 97.1. The Morgan fingerprint density at radius 1 is 1.89 bits per heavy atom. The van der Waals surface area contributed by atoms with Crippen LogP contribution in [0.15, 0.2) is 4.99 Å². The fourth-order valence-electron chi connectivity index (χ4n) is 0.329. The summed E-state index contributed by atoms with van der Waals surface area (Å²) >= 11 is 0. The van der Waals surface area contributed by atoms with Crippen LogP contribution in [0.4, 0.5) is 0 Å². The standard InChI is InChI=1S/C5H12N4/c1-5(7)2-8-4-9-3-6/h3-5H,2,7H2,1H3,(H2,6,8,9)/t5-/m0/s1. The van der Waals surface area contributed by atoms with Gasteiger partial charge >= 0.3 is 0 Å². The Labute approximate surface area is 54.7 Å². The molecule has 0 fully saturated rings. The van der Waals surface area contributed by atoms with Crippen molar-refractivity contribution in [2.75, 3.05) is 6.54 Å². The van der Waals surface area contributed by atoms with E-state index in [2.05, 4.69) is 10.3 Å². The Hall–Kier alpha value is -0.900. The van der Waals surface area contributed by atoms with Crippen LogP contribution in [-0.4, -0.2) is 25.3 Å². The van der Waals surface area contributed by atoms with Gasteiger partial charge in [-0.2, -0.15) is 0 Å². The monoisotopic (exact) mass is 128 g/mol. The number of nitrogens with zero attached hydrogens (tertiary/aromatic N) is 1. The normalized spacial score (nSPS) is 13.6. The van der Waals surface area contributed by atoms with Crippen molar-refractivity contribution in [3.63, 3.8) is 0 Å². The summed E-state index contributed by atoms with van der Waals surface area (Å²) in [5.74, 6) is 0. The van der Waals surface area contributed by atoms with E-state index in [9.17, 15) is 0 Å². The zero-order chi connectivity index (χ0) is 7.11. The molecule has 52 valence electrons. The third-order valence-corrected chi connectivity index (χ3v) is 0.680. The van der Waals surface area contributed by atoms with Crippen LogP contribution in [0.1, 0.15) is 6.92 Å². The Balaban J connectivity index is 3.08. The van der Waals surface area contributed by atoms with Gasteiger partial charge in [0.2, 0.25) is 0 Å². The Morgan fingerprint density at radius 3 is 3.00 bits per heavy atom. The van der Waals surface area contributed by atoms with Gasteiger partial charge in [-0.25, -0.2) is 4.99 Å². The third-order valence-electron chi connectivity index (χ3n) is 0.680. The summed E-state index contributed by atoms with van der Waals surface area (Å²) in [7, 11) is 0. The van der Waals surface area contributed by atoms with Crippen molar-refractivity contribution >= 4 is 12.7 Å². The molecule has 0 aromatic heterocycles. The molecule has 0 saturated carbocycles. The van der Waals surface area contributed by atoms with Crippen LogP contribution < -0.4 is 11.1 Å². The predicted octanol–water partition coefficient (Wildman–Crippen LogP) is -0.441. The maximum Gasteiger partial charge on any atom is 0.108 e. The summed E-state index contributed by atoms with van der Waals surface area (Å²) in [6.45, 7) is 2.59. The van der Waals surface area contributed by atoms with E-state index in [0.29, 0.717) is 6.54 Å². The lowest BCUT2D eigenvalue weighted by Crippen LogP contribution is -2.30.